The highest BCUT2D eigenvalue weighted by molar-refractivity contribution is 6.18. The van der Waals surface area contributed by atoms with Crippen LogP contribution in [0.15, 0.2) is 29.8 Å². The van der Waals surface area contributed by atoms with Gasteiger partial charge in [-0.05, 0) is 23.7 Å². The van der Waals surface area contributed by atoms with Gasteiger partial charge in [0.05, 0.1) is 0 Å². The predicted molar refractivity (Wildman–Crippen MR) is 98.1 cm³/mol. The van der Waals surface area contributed by atoms with Crippen LogP contribution in [-0.2, 0) is 25.6 Å². The molecule has 2 aliphatic heterocycles. The Hall–Kier alpha value is -2.18. The van der Waals surface area contributed by atoms with Gasteiger partial charge in [0.25, 0.3) is 5.79 Å². The highest BCUT2D eigenvalue weighted by Gasteiger charge is 2.38. The first-order valence-corrected chi connectivity index (χ1v) is 9.08. The van der Waals surface area contributed by atoms with E-state index >= 15 is 0 Å². The summed E-state index contributed by atoms with van der Waals surface area (Å²) >= 11 is 0. The number of ether oxygens (including phenoxy) is 2. The van der Waals surface area contributed by atoms with E-state index in [1.165, 1.54) is 25.5 Å². The van der Waals surface area contributed by atoms with Crippen molar-refractivity contribution in [2.75, 3.05) is 32.7 Å². The Morgan fingerprint density at radius 3 is 2.04 bits per heavy atom. The number of esters is 2. The summed E-state index contributed by atoms with van der Waals surface area (Å²) in [5, 5.41) is 0. The lowest BCUT2D eigenvalue weighted by Crippen LogP contribution is -2.45. The molecule has 0 spiro atoms. The second kappa shape index (κ2) is 7.60. The number of piperazine rings is 1. The summed E-state index contributed by atoms with van der Waals surface area (Å²) in [6.45, 7) is 11.7. The number of likely N-dealkylation sites (N-methyl/N-ethyl adjacent to an activating group) is 1. The average Bonchev–Trinajstić information content (AvgIpc) is 2.59. The Balaban J connectivity index is 1.63. The van der Waals surface area contributed by atoms with Crippen LogP contribution >= 0.6 is 0 Å². The van der Waals surface area contributed by atoms with Crippen molar-refractivity contribution in [1.82, 2.24) is 9.80 Å². The van der Waals surface area contributed by atoms with E-state index in [4.69, 9.17) is 9.47 Å². The Bertz CT molecular complexity index is 679. The van der Waals surface area contributed by atoms with E-state index in [9.17, 15) is 9.59 Å². The average molecular weight is 358 g/mol. The molecule has 0 unspecified atom stereocenters. The molecule has 26 heavy (non-hydrogen) atoms. The zero-order valence-electron chi connectivity index (χ0n) is 15.7. The van der Waals surface area contributed by atoms with Gasteiger partial charge in [-0.2, -0.15) is 0 Å². The number of hydrogen-bond donors (Lipinski definition) is 0. The van der Waals surface area contributed by atoms with Crippen LogP contribution in [0.3, 0.4) is 0 Å². The third-order valence-corrected chi connectivity index (χ3v) is 4.73. The Morgan fingerprint density at radius 1 is 0.962 bits per heavy atom. The van der Waals surface area contributed by atoms with Crippen LogP contribution in [0.4, 0.5) is 0 Å². The van der Waals surface area contributed by atoms with Crippen LogP contribution in [0.1, 0.15) is 31.9 Å². The third kappa shape index (κ3) is 4.51. The molecule has 2 saturated heterocycles. The molecule has 2 fully saturated rings. The summed E-state index contributed by atoms with van der Waals surface area (Å²) in [5.41, 5.74) is 1.91. The maximum Gasteiger partial charge on any atom is 0.348 e. The second-order valence-corrected chi connectivity index (χ2v) is 7.19. The lowest BCUT2D eigenvalue weighted by atomic mass is 10.1. The van der Waals surface area contributed by atoms with Crippen molar-refractivity contribution in [2.45, 2.75) is 33.1 Å². The molecule has 140 valence electrons. The molecule has 0 atom stereocenters. The Labute approximate surface area is 154 Å². The van der Waals surface area contributed by atoms with Gasteiger partial charge in [-0.1, -0.05) is 31.2 Å². The quantitative estimate of drug-likeness (QED) is 0.466. The van der Waals surface area contributed by atoms with E-state index < -0.39 is 17.7 Å². The minimum Gasteiger partial charge on any atom is -0.419 e. The van der Waals surface area contributed by atoms with Crippen LogP contribution in [0, 0.1) is 0 Å². The molecule has 6 nitrogen and oxygen atoms in total. The number of rotatable bonds is 4. The number of hydrogen-bond acceptors (Lipinski definition) is 6. The minimum atomic E-state index is -1.21. The van der Waals surface area contributed by atoms with E-state index in [1.54, 1.807) is 0 Å². The predicted octanol–water partition coefficient (Wildman–Crippen LogP) is 2.04. The van der Waals surface area contributed by atoms with Gasteiger partial charge in [0, 0.05) is 46.6 Å². The number of nitrogens with zero attached hydrogens (tertiary/aromatic N) is 2. The van der Waals surface area contributed by atoms with E-state index in [-0.39, 0.29) is 5.57 Å². The number of cyclic esters (lactones) is 2. The van der Waals surface area contributed by atoms with Crippen molar-refractivity contribution in [1.29, 1.82) is 0 Å². The molecular formula is C20H26N2O4. The molecule has 1 aromatic rings. The molecule has 2 aliphatic rings. The Morgan fingerprint density at radius 2 is 1.50 bits per heavy atom. The molecule has 0 bridgehead atoms. The molecule has 0 aromatic heterocycles. The summed E-state index contributed by atoms with van der Waals surface area (Å²) in [4.78, 5) is 28.9. The summed E-state index contributed by atoms with van der Waals surface area (Å²) in [6.07, 6.45) is 1.52. The highest BCUT2D eigenvalue weighted by Crippen LogP contribution is 2.24. The van der Waals surface area contributed by atoms with Crippen LogP contribution in [0.25, 0.3) is 6.08 Å². The van der Waals surface area contributed by atoms with E-state index in [1.807, 2.05) is 24.3 Å². The first kappa shape index (κ1) is 18.6. The maximum absolute atomic E-state index is 12.0. The van der Waals surface area contributed by atoms with Gasteiger partial charge in [0.1, 0.15) is 5.57 Å². The first-order chi connectivity index (χ1) is 12.4. The molecule has 0 aliphatic carbocycles. The standard InChI is InChI=1S/C20H26N2O4/c1-4-21-9-11-22(12-10-21)14-16-7-5-15(6-8-16)13-17-18(23)25-20(2,3)26-19(17)24/h5-8,13H,4,9-12,14H2,1-3H3. The number of carbonyl (C=O) groups is 2. The summed E-state index contributed by atoms with van der Waals surface area (Å²) in [6, 6.07) is 7.87. The molecule has 1 aromatic carbocycles. The molecule has 0 amide bonds. The van der Waals surface area contributed by atoms with Gasteiger partial charge in [-0.25, -0.2) is 9.59 Å². The summed E-state index contributed by atoms with van der Waals surface area (Å²) < 4.78 is 10.2. The van der Waals surface area contributed by atoms with Crippen molar-refractivity contribution >= 4 is 18.0 Å². The van der Waals surface area contributed by atoms with E-state index in [0.717, 1.165) is 44.8 Å². The van der Waals surface area contributed by atoms with Gasteiger partial charge in [-0.3, -0.25) is 4.90 Å². The Kier molecular flexibility index (Phi) is 5.44. The van der Waals surface area contributed by atoms with Gasteiger partial charge < -0.3 is 14.4 Å². The highest BCUT2D eigenvalue weighted by atomic mass is 16.7. The minimum absolute atomic E-state index is 0.0761. The molecule has 2 heterocycles. The van der Waals surface area contributed by atoms with Crippen molar-refractivity contribution in [3.8, 4) is 0 Å². The molecule has 6 heteroatoms. The third-order valence-electron chi connectivity index (χ3n) is 4.73. The molecule has 3 rings (SSSR count). The van der Waals surface area contributed by atoms with E-state index in [0.29, 0.717) is 0 Å². The van der Waals surface area contributed by atoms with Crippen molar-refractivity contribution in [3.05, 3.63) is 41.0 Å². The fourth-order valence-electron chi connectivity index (χ4n) is 3.19. The second-order valence-electron chi connectivity index (χ2n) is 7.19. The van der Waals surface area contributed by atoms with E-state index in [2.05, 4.69) is 16.7 Å². The lowest BCUT2D eigenvalue weighted by molar-refractivity contribution is -0.222. The van der Waals surface area contributed by atoms with Gasteiger partial charge in [0.15, 0.2) is 0 Å². The number of benzene rings is 1. The van der Waals surface area contributed by atoms with Crippen molar-refractivity contribution in [2.24, 2.45) is 0 Å². The molecule has 0 radical (unpaired) electrons. The zero-order valence-corrected chi connectivity index (χ0v) is 15.7. The van der Waals surface area contributed by atoms with Crippen LogP contribution in [0.5, 0.6) is 0 Å². The smallest absolute Gasteiger partial charge is 0.348 e. The zero-order chi connectivity index (χ0) is 18.7. The normalized spacial score (nSPS) is 21.3. The lowest BCUT2D eigenvalue weighted by Gasteiger charge is -2.34. The first-order valence-electron chi connectivity index (χ1n) is 9.08. The maximum atomic E-state index is 12.0. The SMILES string of the molecule is CCN1CCN(Cc2ccc(C=C3C(=O)OC(C)(C)OC3=O)cc2)CC1. The molecular weight excluding hydrogens is 332 g/mol. The van der Waals surface area contributed by atoms with Crippen LogP contribution < -0.4 is 0 Å². The van der Waals surface area contributed by atoms with Gasteiger partial charge >= 0.3 is 11.9 Å². The fraction of sp³-hybridized carbons (Fsp3) is 0.500. The largest absolute Gasteiger partial charge is 0.419 e. The molecule has 0 N–H and O–H groups in total. The monoisotopic (exact) mass is 358 g/mol. The van der Waals surface area contributed by atoms with Gasteiger partial charge in [0.2, 0.25) is 0 Å². The number of carbonyl (C=O) groups excluding carboxylic acids is 2. The van der Waals surface area contributed by atoms with Crippen molar-refractivity contribution < 1.29 is 19.1 Å². The van der Waals surface area contributed by atoms with Crippen LogP contribution in [-0.4, -0.2) is 60.2 Å². The molecule has 0 saturated carbocycles. The fourth-order valence-corrected chi connectivity index (χ4v) is 3.19. The topological polar surface area (TPSA) is 59.1 Å². The van der Waals surface area contributed by atoms with Crippen molar-refractivity contribution in [3.63, 3.8) is 0 Å². The summed E-state index contributed by atoms with van der Waals surface area (Å²) in [5.74, 6) is -2.51. The summed E-state index contributed by atoms with van der Waals surface area (Å²) in [7, 11) is 0. The van der Waals surface area contributed by atoms with Gasteiger partial charge in [-0.15, -0.1) is 0 Å². The van der Waals surface area contributed by atoms with Crippen LogP contribution in [0.2, 0.25) is 0 Å².